The highest BCUT2D eigenvalue weighted by Crippen LogP contribution is 2.15. The van der Waals surface area contributed by atoms with Crippen LogP contribution >= 0.6 is 0 Å². The molecule has 0 fully saturated rings. The SMILES string of the molecule is C=CC(=O)NCc1ccc(C(=O)Nc2ccc(-n3ccc(C(N)=O)n3)cc2)cc1. The summed E-state index contributed by atoms with van der Waals surface area (Å²) in [7, 11) is 0. The summed E-state index contributed by atoms with van der Waals surface area (Å²) in [5, 5.41) is 9.57. The molecule has 3 aromatic rings. The maximum Gasteiger partial charge on any atom is 0.269 e. The second-order valence-corrected chi connectivity index (χ2v) is 6.13. The lowest BCUT2D eigenvalue weighted by molar-refractivity contribution is -0.116. The number of rotatable bonds is 7. The first kappa shape index (κ1) is 19.6. The Morgan fingerprint density at radius 2 is 1.72 bits per heavy atom. The summed E-state index contributed by atoms with van der Waals surface area (Å²) in [6.07, 6.45) is 2.84. The normalized spacial score (nSPS) is 10.2. The van der Waals surface area contributed by atoms with Crippen molar-refractivity contribution in [2.75, 3.05) is 5.32 Å². The summed E-state index contributed by atoms with van der Waals surface area (Å²) in [4.78, 5) is 34.7. The standard InChI is InChI=1S/C21H19N5O3/c1-2-19(27)23-13-14-3-5-15(6-4-14)21(29)24-16-7-9-17(10-8-16)26-12-11-18(25-26)20(22)28/h2-12H,1,13H2,(H2,22,28)(H,23,27)(H,24,29). The number of anilines is 1. The Kier molecular flexibility index (Phi) is 5.84. The largest absolute Gasteiger partial charge is 0.364 e. The van der Waals surface area contributed by atoms with E-state index >= 15 is 0 Å². The number of amides is 3. The van der Waals surface area contributed by atoms with Crippen molar-refractivity contribution in [3.05, 3.63) is 90.3 Å². The molecule has 3 rings (SSSR count). The second-order valence-electron chi connectivity index (χ2n) is 6.13. The van der Waals surface area contributed by atoms with Crippen LogP contribution in [0.3, 0.4) is 0 Å². The van der Waals surface area contributed by atoms with Crippen LogP contribution in [-0.4, -0.2) is 27.5 Å². The van der Waals surface area contributed by atoms with E-state index in [0.29, 0.717) is 17.8 Å². The van der Waals surface area contributed by atoms with Crippen LogP contribution in [0.25, 0.3) is 5.69 Å². The molecule has 29 heavy (non-hydrogen) atoms. The number of primary amides is 1. The lowest BCUT2D eigenvalue weighted by Crippen LogP contribution is -2.20. The zero-order valence-corrected chi connectivity index (χ0v) is 15.5. The number of aromatic nitrogens is 2. The van der Waals surface area contributed by atoms with Crippen molar-refractivity contribution in [2.45, 2.75) is 6.54 Å². The third kappa shape index (κ3) is 4.95. The molecule has 0 saturated carbocycles. The third-order valence-corrected chi connectivity index (χ3v) is 4.10. The van der Waals surface area contributed by atoms with Gasteiger partial charge in [0.1, 0.15) is 5.69 Å². The van der Waals surface area contributed by atoms with Gasteiger partial charge in [0.15, 0.2) is 0 Å². The highest BCUT2D eigenvalue weighted by Gasteiger charge is 2.08. The first-order chi connectivity index (χ1) is 14.0. The van der Waals surface area contributed by atoms with Crippen LogP contribution in [0, 0.1) is 0 Å². The third-order valence-electron chi connectivity index (χ3n) is 4.10. The van der Waals surface area contributed by atoms with Gasteiger partial charge >= 0.3 is 0 Å². The predicted molar refractivity (Wildman–Crippen MR) is 109 cm³/mol. The zero-order valence-electron chi connectivity index (χ0n) is 15.5. The maximum absolute atomic E-state index is 12.4. The van der Waals surface area contributed by atoms with Gasteiger partial charge in [0.2, 0.25) is 5.91 Å². The van der Waals surface area contributed by atoms with Crippen molar-refractivity contribution < 1.29 is 14.4 Å². The molecular weight excluding hydrogens is 370 g/mol. The van der Waals surface area contributed by atoms with Gasteiger partial charge in [-0.25, -0.2) is 4.68 Å². The Bertz CT molecular complexity index is 1050. The number of hydrogen-bond donors (Lipinski definition) is 3. The smallest absolute Gasteiger partial charge is 0.269 e. The first-order valence-corrected chi connectivity index (χ1v) is 8.73. The minimum Gasteiger partial charge on any atom is -0.364 e. The molecule has 0 aliphatic heterocycles. The maximum atomic E-state index is 12.4. The fourth-order valence-electron chi connectivity index (χ4n) is 2.54. The Morgan fingerprint density at radius 1 is 1.03 bits per heavy atom. The molecule has 1 heterocycles. The Hall–Kier alpha value is -4.20. The summed E-state index contributed by atoms with van der Waals surface area (Å²) in [6, 6.07) is 15.4. The van der Waals surface area contributed by atoms with Crippen LogP contribution in [0.1, 0.15) is 26.4 Å². The molecule has 8 nitrogen and oxygen atoms in total. The minimum atomic E-state index is -0.596. The highest BCUT2D eigenvalue weighted by molar-refractivity contribution is 6.04. The van der Waals surface area contributed by atoms with E-state index in [4.69, 9.17) is 5.73 Å². The molecule has 0 aliphatic carbocycles. The van der Waals surface area contributed by atoms with Gasteiger partial charge in [0.25, 0.3) is 11.8 Å². The fraction of sp³-hybridized carbons (Fsp3) is 0.0476. The van der Waals surface area contributed by atoms with Crippen LogP contribution < -0.4 is 16.4 Å². The van der Waals surface area contributed by atoms with Gasteiger partial charge in [-0.3, -0.25) is 14.4 Å². The van der Waals surface area contributed by atoms with E-state index in [2.05, 4.69) is 22.3 Å². The van der Waals surface area contributed by atoms with Crippen molar-refractivity contribution in [2.24, 2.45) is 5.73 Å². The fourth-order valence-corrected chi connectivity index (χ4v) is 2.54. The summed E-state index contributed by atoms with van der Waals surface area (Å²) in [5.74, 6) is -1.10. The van der Waals surface area contributed by atoms with Crippen molar-refractivity contribution in [1.82, 2.24) is 15.1 Å². The Labute approximate surface area is 167 Å². The number of nitrogens with two attached hydrogens (primary N) is 1. The van der Waals surface area contributed by atoms with Crippen LogP contribution in [-0.2, 0) is 11.3 Å². The van der Waals surface area contributed by atoms with Gasteiger partial charge in [-0.2, -0.15) is 5.10 Å². The van der Waals surface area contributed by atoms with E-state index in [1.807, 2.05) is 0 Å². The van der Waals surface area contributed by atoms with Gasteiger partial charge in [-0.1, -0.05) is 18.7 Å². The molecule has 3 amide bonds. The number of nitrogens with zero attached hydrogens (tertiary/aromatic N) is 2. The summed E-state index contributed by atoms with van der Waals surface area (Å²) < 4.78 is 1.52. The van der Waals surface area contributed by atoms with E-state index < -0.39 is 5.91 Å². The Morgan fingerprint density at radius 3 is 2.31 bits per heavy atom. The van der Waals surface area contributed by atoms with E-state index in [1.54, 1.807) is 54.7 Å². The van der Waals surface area contributed by atoms with E-state index in [1.165, 1.54) is 16.8 Å². The number of carbonyl (C=O) groups is 3. The molecule has 146 valence electrons. The quantitative estimate of drug-likeness (QED) is 0.536. The van der Waals surface area contributed by atoms with Crippen LogP contribution in [0.5, 0.6) is 0 Å². The van der Waals surface area contributed by atoms with Gasteiger partial charge in [0, 0.05) is 24.0 Å². The first-order valence-electron chi connectivity index (χ1n) is 8.73. The van der Waals surface area contributed by atoms with Crippen LogP contribution in [0.2, 0.25) is 0 Å². The highest BCUT2D eigenvalue weighted by atomic mass is 16.2. The van der Waals surface area contributed by atoms with E-state index in [9.17, 15) is 14.4 Å². The molecule has 0 unspecified atom stereocenters. The van der Waals surface area contributed by atoms with Crippen molar-refractivity contribution in [3.63, 3.8) is 0 Å². The molecule has 1 aromatic heterocycles. The molecule has 8 heteroatoms. The van der Waals surface area contributed by atoms with Crippen molar-refractivity contribution >= 4 is 23.4 Å². The Balaban J connectivity index is 1.62. The second kappa shape index (κ2) is 8.66. The predicted octanol–water partition coefficient (Wildman–Crippen LogP) is 2.03. The van der Waals surface area contributed by atoms with Gasteiger partial charge in [-0.15, -0.1) is 0 Å². The zero-order chi connectivity index (χ0) is 20.8. The average molecular weight is 389 g/mol. The van der Waals surface area contributed by atoms with Crippen molar-refractivity contribution in [1.29, 1.82) is 0 Å². The number of carbonyl (C=O) groups excluding carboxylic acids is 3. The topological polar surface area (TPSA) is 119 Å². The molecule has 0 spiro atoms. The lowest BCUT2D eigenvalue weighted by Gasteiger charge is -2.08. The summed E-state index contributed by atoms with van der Waals surface area (Å²) in [5.41, 5.74) is 8.08. The van der Waals surface area contributed by atoms with Crippen LogP contribution in [0.4, 0.5) is 5.69 Å². The van der Waals surface area contributed by atoms with Gasteiger partial charge in [-0.05, 0) is 54.1 Å². The van der Waals surface area contributed by atoms with Gasteiger partial charge in [0.05, 0.1) is 5.69 Å². The molecule has 0 aliphatic rings. The molecule has 4 N–H and O–H groups in total. The average Bonchev–Trinajstić information content (AvgIpc) is 3.23. The number of benzene rings is 2. The number of nitrogens with one attached hydrogen (secondary N) is 2. The monoisotopic (exact) mass is 389 g/mol. The lowest BCUT2D eigenvalue weighted by atomic mass is 10.1. The molecule has 2 aromatic carbocycles. The number of hydrogen-bond acceptors (Lipinski definition) is 4. The van der Waals surface area contributed by atoms with Gasteiger partial charge < -0.3 is 16.4 Å². The van der Waals surface area contributed by atoms with Crippen LogP contribution in [0.15, 0.2) is 73.4 Å². The molecule has 0 bridgehead atoms. The summed E-state index contributed by atoms with van der Waals surface area (Å²) >= 11 is 0. The van der Waals surface area contributed by atoms with Crippen molar-refractivity contribution in [3.8, 4) is 5.69 Å². The van der Waals surface area contributed by atoms with E-state index in [-0.39, 0.29) is 17.5 Å². The molecule has 0 saturated heterocycles. The molecule has 0 radical (unpaired) electrons. The molecular formula is C21H19N5O3. The summed E-state index contributed by atoms with van der Waals surface area (Å²) in [6.45, 7) is 3.75. The van der Waals surface area contributed by atoms with E-state index in [0.717, 1.165) is 11.3 Å². The molecule has 0 atom stereocenters. The minimum absolute atomic E-state index is 0.176.